The first kappa shape index (κ1) is 18.0. The first-order valence-electron chi connectivity index (χ1n) is 8.87. The van der Waals surface area contributed by atoms with Gasteiger partial charge in [0.25, 0.3) is 11.8 Å². The average Bonchev–Trinajstić information content (AvgIpc) is 3.22. The van der Waals surface area contributed by atoms with E-state index in [9.17, 15) is 14.0 Å². The van der Waals surface area contributed by atoms with Gasteiger partial charge in [-0.1, -0.05) is 18.2 Å². The Morgan fingerprint density at radius 1 is 1.11 bits per heavy atom. The number of amides is 2. The molecule has 1 aromatic heterocycles. The smallest absolute Gasteiger partial charge is 0.289 e. The molecule has 2 aliphatic heterocycles. The summed E-state index contributed by atoms with van der Waals surface area (Å²) in [6, 6.07) is 9.33. The van der Waals surface area contributed by atoms with Gasteiger partial charge in [-0.3, -0.25) is 9.59 Å². The van der Waals surface area contributed by atoms with E-state index in [0.717, 1.165) is 5.69 Å². The van der Waals surface area contributed by atoms with Gasteiger partial charge in [0.2, 0.25) is 12.1 Å². The van der Waals surface area contributed by atoms with E-state index in [2.05, 4.69) is 20.2 Å². The highest BCUT2D eigenvalue weighted by Crippen LogP contribution is 2.13. The molecule has 0 radical (unpaired) electrons. The molecule has 4 rings (SSSR count). The molecule has 1 fully saturated rings. The number of aliphatic imine (C=N–C) groups is 2. The van der Waals surface area contributed by atoms with Crippen LogP contribution in [0.3, 0.4) is 0 Å². The summed E-state index contributed by atoms with van der Waals surface area (Å²) < 4.78 is 13.5. The van der Waals surface area contributed by atoms with Crippen molar-refractivity contribution in [2.75, 3.05) is 26.2 Å². The van der Waals surface area contributed by atoms with Crippen LogP contribution in [0.25, 0.3) is 5.69 Å². The van der Waals surface area contributed by atoms with Gasteiger partial charge < -0.3 is 9.80 Å². The molecule has 0 aliphatic carbocycles. The maximum atomic E-state index is 13.5. The second-order valence-corrected chi connectivity index (χ2v) is 6.50. The Hall–Kier alpha value is -3.43. The number of alkyl halides is 1. The van der Waals surface area contributed by atoms with E-state index in [1.807, 2.05) is 30.3 Å². The van der Waals surface area contributed by atoms with Crippen LogP contribution in [-0.4, -0.2) is 80.6 Å². The molecule has 2 aromatic rings. The molecule has 1 saturated heterocycles. The normalized spacial score (nSPS) is 20.1. The summed E-state index contributed by atoms with van der Waals surface area (Å²) >= 11 is 0. The number of halogens is 1. The monoisotopic (exact) mass is 383 g/mol. The third kappa shape index (κ3) is 3.40. The van der Waals surface area contributed by atoms with Crippen molar-refractivity contribution in [2.45, 2.75) is 13.1 Å². The van der Waals surface area contributed by atoms with Crippen LogP contribution < -0.4 is 0 Å². The van der Waals surface area contributed by atoms with Crippen molar-refractivity contribution in [3.8, 4) is 5.69 Å². The number of carbonyl (C=O) groups is 2. The second-order valence-electron chi connectivity index (χ2n) is 6.50. The molecule has 28 heavy (non-hydrogen) atoms. The van der Waals surface area contributed by atoms with Crippen LogP contribution in [0.4, 0.5) is 4.39 Å². The zero-order chi connectivity index (χ0) is 19.7. The summed E-state index contributed by atoms with van der Waals surface area (Å²) in [5, 5.41) is 8.41. The molecule has 10 heteroatoms. The minimum absolute atomic E-state index is 0.103. The number of piperazine rings is 1. The lowest BCUT2D eigenvalue weighted by Gasteiger charge is -2.35. The van der Waals surface area contributed by atoms with E-state index in [1.165, 1.54) is 17.9 Å². The largest absolute Gasteiger partial charge is 0.337 e. The molecule has 0 spiro atoms. The van der Waals surface area contributed by atoms with Crippen LogP contribution in [0, 0.1) is 0 Å². The Balaban J connectivity index is 1.40. The molecular formula is C18H18FN7O2. The van der Waals surface area contributed by atoms with E-state index >= 15 is 0 Å². The first-order chi connectivity index (χ1) is 13.5. The fourth-order valence-corrected chi connectivity index (χ4v) is 3.03. The van der Waals surface area contributed by atoms with Crippen molar-refractivity contribution in [1.29, 1.82) is 0 Å². The van der Waals surface area contributed by atoms with Crippen LogP contribution in [0.5, 0.6) is 0 Å². The molecule has 1 unspecified atom stereocenters. The van der Waals surface area contributed by atoms with E-state index < -0.39 is 12.1 Å². The van der Waals surface area contributed by atoms with Crippen molar-refractivity contribution in [2.24, 2.45) is 9.98 Å². The van der Waals surface area contributed by atoms with Gasteiger partial charge in [-0.15, -0.1) is 5.10 Å². The lowest BCUT2D eigenvalue weighted by Crippen LogP contribution is -2.51. The van der Waals surface area contributed by atoms with Crippen molar-refractivity contribution < 1.29 is 14.0 Å². The van der Waals surface area contributed by atoms with Gasteiger partial charge in [0.05, 0.1) is 17.6 Å². The minimum Gasteiger partial charge on any atom is -0.337 e. The van der Waals surface area contributed by atoms with Crippen molar-refractivity contribution in [3.63, 3.8) is 0 Å². The van der Waals surface area contributed by atoms with E-state index in [4.69, 9.17) is 0 Å². The third-order valence-electron chi connectivity index (χ3n) is 4.62. The number of para-hydroxylation sites is 1. The van der Waals surface area contributed by atoms with E-state index in [-0.39, 0.29) is 23.3 Å². The van der Waals surface area contributed by atoms with E-state index in [1.54, 1.807) is 9.80 Å². The Labute approximate surface area is 160 Å². The molecule has 0 saturated carbocycles. The number of rotatable bonds is 2. The fourth-order valence-electron chi connectivity index (χ4n) is 3.03. The number of carbonyl (C=O) groups excluding carboxylic acids is 2. The lowest BCUT2D eigenvalue weighted by atomic mass is 10.2. The molecule has 0 bridgehead atoms. The number of aromatic nitrogens is 3. The molecular weight excluding hydrogens is 365 g/mol. The molecule has 3 heterocycles. The SMILES string of the molecule is CC1=NC(N2CCN(C(=O)c3cnn(-c4ccccc4)n3)CC2)=NC(=O)C1F. The van der Waals surface area contributed by atoms with Crippen LogP contribution >= 0.6 is 0 Å². The highest BCUT2D eigenvalue weighted by atomic mass is 19.1. The zero-order valence-electron chi connectivity index (χ0n) is 15.2. The van der Waals surface area contributed by atoms with Gasteiger partial charge in [0, 0.05) is 26.2 Å². The van der Waals surface area contributed by atoms with Gasteiger partial charge in [-0.2, -0.15) is 14.9 Å². The number of guanidine groups is 1. The van der Waals surface area contributed by atoms with Gasteiger partial charge in [-0.05, 0) is 19.1 Å². The van der Waals surface area contributed by atoms with Gasteiger partial charge in [0.15, 0.2) is 5.69 Å². The van der Waals surface area contributed by atoms with E-state index in [0.29, 0.717) is 26.2 Å². The van der Waals surface area contributed by atoms with Gasteiger partial charge in [0.1, 0.15) is 0 Å². The maximum absolute atomic E-state index is 13.5. The molecule has 9 nitrogen and oxygen atoms in total. The Bertz CT molecular complexity index is 961. The maximum Gasteiger partial charge on any atom is 0.289 e. The predicted molar refractivity (Wildman–Crippen MR) is 99.3 cm³/mol. The van der Waals surface area contributed by atoms with Crippen molar-refractivity contribution >= 4 is 23.5 Å². The molecule has 144 valence electrons. The average molecular weight is 383 g/mol. The molecule has 2 aliphatic rings. The fraction of sp³-hybridized carbons (Fsp3) is 0.333. The minimum atomic E-state index is -1.76. The second kappa shape index (κ2) is 7.29. The molecule has 2 amide bonds. The predicted octanol–water partition coefficient (Wildman–Crippen LogP) is 0.720. The number of nitrogens with zero attached hydrogens (tertiary/aromatic N) is 7. The summed E-state index contributed by atoms with van der Waals surface area (Å²) in [5.41, 5.74) is 1.13. The number of hydrogen-bond donors (Lipinski definition) is 0. The van der Waals surface area contributed by atoms with Gasteiger partial charge >= 0.3 is 0 Å². The lowest BCUT2D eigenvalue weighted by molar-refractivity contribution is -0.120. The van der Waals surface area contributed by atoms with Crippen LogP contribution in [0.2, 0.25) is 0 Å². The van der Waals surface area contributed by atoms with Crippen LogP contribution in [-0.2, 0) is 4.79 Å². The van der Waals surface area contributed by atoms with Gasteiger partial charge in [-0.25, -0.2) is 9.38 Å². The highest BCUT2D eigenvalue weighted by molar-refractivity contribution is 6.16. The standard InChI is InChI=1S/C18H18FN7O2/c1-12-15(19)16(27)22-18(21-12)25-9-7-24(8-10-25)17(28)14-11-20-26(23-14)13-5-3-2-4-6-13/h2-6,11,15H,7-10H2,1H3. The first-order valence-corrected chi connectivity index (χ1v) is 8.87. The molecule has 0 N–H and O–H groups in total. The Kier molecular flexibility index (Phi) is 4.68. The molecule has 1 atom stereocenters. The topological polar surface area (TPSA) is 96.1 Å². The van der Waals surface area contributed by atoms with Crippen LogP contribution in [0.1, 0.15) is 17.4 Å². The summed E-state index contributed by atoms with van der Waals surface area (Å²) in [5.74, 6) is -0.843. The van der Waals surface area contributed by atoms with Crippen molar-refractivity contribution in [3.05, 3.63) is 42.2 Å². The van der Waals surface area contributed by atoms with Crippen LogP contribution in [0.15, 0.2) is 46.5 Å². The Morgan fingerprint density at radius 3 is 2.50 bits per heavy atom. The third-order valence-corrected chi connectivity index (χ3v) is 4.62. The summed E-state index contributed by atoms with van der Waals surface area (Å²) in [6.45, 7) is 3.18. The Morgan fingerprint density at radius 2 is 1.82 bits per heavy atom. The zero-order valence-corrected chi connectivity index (χ0v) is 15.2. The summed E-state index contributed by atoms with van der Waals surface area (Å²) in [7, 11) is 0. The molecule has 1 aromatic carbocycles. The summed E-state index contributed by atoms with van der Waals surface area (Å²) in [4.78, 5) is 36.9. The quantitative estimate of drug-likeness (QED) is 0.761. The van der Waals surface area contributed by atoms with Crippen molar-refractivity contribution in [1.82, 2.24) is 24.8 Å². The highest BCUT2D eigenvalue weighted by Gasteiger charge is 2.30. The number of hydrogen-bond acceptors (Lipinski definition) is 6. The summed E-state index contributed by atoms with van der Waals surface area (Å²) in [6.07, 6.45) is -0.320. The number of benzene rings is 1.